The zero-order chi connectivity index (χ0) is 25.5. The summed E-state index contributed by atoms with van der Waals surface area (Å²) in [5, 5.41) is 12.9. The van der Waals surface area contributed by atoms with Crippen molar-refractivity contribution < 1.29 is 14.6 Å². The molecular weight excluding hydrogens is 440 g/mol. The number of anilines is 2. The normalized spacial score (nSPS) is 12.1. The van der Waals surface area contributed by atoms with Crippen LogP contribution in [0.25, 0.3) is 11.0 Å². The first-order valence-corrected chi connectivity index (χ1v) is 11.6. The number of fused-ring (bicyclic) bond motifs is 1. The molecule has 0 unspecified atom stereocenters. The molecule has 0 aliphatic carbocycles. The summed E-state index contributed by atoms with van der Waals surface area (Å²) in [5.74, 6) is 0.196. The Kier molecular flexibility index (Phi) is 6.05. The minimum atomic E-state index is -1.11. The quantitative estimate of drug-likeness (QED) is 0.286. The Morgan fingerprint density at radius 1 is 0.971 bits per heavy atom. The molecular formula is C28H32N4O3. The van der Waals surface area contributed by atoms with E-state index in [0.717, 1.165) is 16.6 Å². The molecule has 0 atom stereocenters. The van der Waals surface area contributed by atoms with Gasteiger partial charge in [-0.1, -0.05) is 65.8 Å². The summed E-state index contributed by atoms with van der Waals surface area (Å²) >= 11 is 0. The van der Waals surface area contributed by atoms with Gasteiger partial charge in [-0.15, -0.1) is 0 Å². The summed E-state index contributed by atoms with van der Waals surface area (Å²) in [7, 11) is 0. The van der Waals surface area contributed by atoms with Crippen LogP contribution in [-0.4, -0.2) is 26.0 Å². The van der Waals surface area contributed by atoms with E-state index in [4.69, 9.17) is 4.74 Å². The van der Waals surface area contributed by atoms with Crippen LogP contribution in [0.15, 0.2) is 48.5 Å². The first-order chi connectivity index (χ1) is 16.3. The van der Waals surface area contributed by atoms with Crippen molar-refractivity contribution in [3.63, 3.8) is 0 Å². The lowest BCUT2D eigenvalue weighted by atomic mass is 9.86. The lowest BCUT2D eigenvalue weighted by molar-refractivity contribution is 0.0688. The maximum absolute atomic E-state index is 11.8. The topological polar surface area (TPSA) is 100 Å². The number of imidazole rings is 1. The second kappa shape index (κ2) is 8.73. The molecule has 182 valence electrons. The van der Waals surface area contributed by atoms with Crippen LogP contribution in [0.4, 0.5) is 11.6 Å². The van der Waals surface area contributed by atoms with Gasteiger partial charge < -0.3 is 20.1 Å². The smallest absolute Gasteiger partial charge is 0.354 e. The van der Waals surface area contributed by atoms with Gasteiger partial charge in [-0.25, -0.2) is 14.8 Å². The summed E-state index contributed by atoms with van der Waals surface area (Å²) in [4.78, 5) is 24.1. The molecule has 3 N–H and O–H groups in total. The van der Waals surface area contributed by atoms with E-state index >= 15 is 0 Å². The molecule has 7 nitrogen and oxygen atoms in total. The van der Waals surface area contributed by atoms with Crippen LogP contribution >= 0.6 is 0 Å². The Hall–Kier alpha value is -3.87. The van der Waals surface area contributed by atoms with Crippen LogP contribution in [0.2, 0.25) is 0 Å². The van der Waals surface area contributed by atoms with Crippen molar-refractivity contribution in [2.24, 2.45) is 0 Å². The molecule has 0 bridgehead atoms. The Morgan fingerprint density at radius 2 is 1.69 bits per heavy atom. The van der Waals surface area contributed by atoms with Crippen LogP contribution in [0.1, 0.15) is 68.7 Å². The Labute approximate surface area is 205 Å². The Balaban J connectivity index is 1.77. The molecule has 0 aliphatic heterocycles. The molecule has 2 aromatic heterocycles. The van der Waals surface area contributed by atoms with Gasteiger partial charge in [-0.2, -0.15) is 0 Å². The number of aromatic carboxylic acids is 1. The molecule has 0 spiro atoms. The van der Waals surface area contributed by atoms with Gasteiger partial charge in [0.15, 0.2) is 5.69 Å². The number of carboxylic acids is 1. The van der Waals surface area contributed by atoms with Crippen molar-refractivity contribution >= 4 is 28.6 Å². The number of benzene rings is 2. The molecule has 0 fully saturated rings. The van der Waals surface area contributed by atoms with E-state index in [1.165, 1.54) is 5.56 Å². The third kappa shape index (κ3) is 5.14. The molecule has 4 rings (SSSR count). The number of hydrogen-bond acceptors (Lipinski definition) is 5. The average molecular weight is 473 g/mol. The van der Waals surface area contributed by atoms with Gasteiger partial charge in [-0.3, -0.25) is 0 Å². The number of para-hydroxylation sites is 1. The third-order valence-electron chi connectivity index (χ3n) is 5.88. The van der Waals surface area contributed by atoms with Gasteiger partial charge in [-0.05, 0) is 53.1 Å². The first-order valence-electron chi connectivity index (χ1n) is 11.6. The summed E-state index contributed by atoms with van der Waals surface area (Å²) in [6.45, 7) is 14.5. The highest BCUT2D eigenvalue weighted by atomic mass is 16.5. The molecule has 4 aromatic rings. The van der Waals surface area contributed by atoms with E-state index in [9.17, 15) is 9.90 Å². The van der Waals surface area contributed by atoms with E-state index in [1.807, 2.05) is 30.3 Å². The number of hydrogen-bond donors (Lipinski definition) is 3. The van der Waals surface area contributed by atoms with Crippen LogP contribution < -0.4 is 10.1 Å². The van der Waals surface area contributed by atoms with Gasteiger partial charge in [0.25, 0.3) is 0 Å². The van der Waals surface area contributed by atoms with E-state index in [2.05, 4.69) is 73.9 Å². The highest BCUT2D eigenvalue weighted by molar-refractivity contribution is 5.88. The minimum absolute atomic E-state index is 0.0159. The van der Waals surface area contributed by atoms with Crippen molar-refractivity contribution in [3.8, 4) is 11.6 Å². The van der Waals surface area contributed by atoms with E-state index in [0.29, 0.717) is 22.9 Å². The van der Waals surface area contributed by atoms with Gasteiger partial charge in [0.05, 0.1) is 11.0 Å². The maximum Gasteiger partial charge on any atom is 0.354 e. The fourth-order valence-corrected chi connectivity index (χ4v) is 3.92. The number of ether oxygens (including phenoxy) is 1. The molecule has 0 aliphatic rings. The van der Waals surface area contributed by atoms with Crippen LogP contribution in [0.3, 0.4) is 0 Å². The Bertz CT molecular complexity index is 1410. The molecule has 35 heavy (non-hydrogen) atoms. The number of carboxylic acid groups (broad SMARTS) is 1. The molecule has 0 radical (unpaired) electrons. The fraction of sp³-hybridized carbons (Fsp3) is 0.321. The van der Waals surface area contributed by atoms with Crippen molar-refractivity contribution in [2.45, 2.75) is 59.3 Å². The van der Waals surface area contributed by atoms with Crippen LogP contribution in [-0.2, 0) is 10.8 Å². The van der Waals surface area contributed by atoms with E-state index in [-0.39, 0.29) is 22.4 Å². The van der Waals surface area contributed by atoms with Gasteiger partial charge in [0, 0.05) is 5.56 Å². The predicted molar refractivity (Wildman–Crippen MR) is 139 cm³/mol. The second-order valence-electron chi connectivity index (χ2n) is 10.9. The van der Waals surface area contributed by atoms with Crippen molar-refractivity contribution in [1.29, 1.82) is 0 Å². The molecule has 2 heterocycles. The highest BCUT2D eigenvalue weighted by Gasteiger charge is 2.22. The Morgan fingerprint density at radius 3 is 2.34 bits per heavy atom. The highest BCUT2D eigenvalue weighted by Crippen LogP contribution is 2.37. The monoisotopic (exact) mass is 472 g/mol. The minimum Gasteiger partial charge on any atom is -0.477 e. The van der Waals surface area contributed by atoms with Crippen LogP contribution in [0.5, 0.6) is 11.6 Å². The summed E-state index contributed by atoms with van der Waals surface area (Å²) in [5.41, 5.74) is 4.75. The molecule has 7 heteroatoms. The van der Waals surface area contributed by atoms with Crippen molar-refractivity contribution in [3.05, 3.63) is 70.9 Å². The number of H-pyrrole nitrogens is 1. The second-order valence-corrected chi connectivity index (χ2v) is 10.9. The van der Waals surface area contributed by atoms with Gasteiger partial charge >= 0.3 is 5.97 Å². The van der Waals surface area contributed by atoms with Crippen molar-refractivity contribution in [2.75, 3.05) is 5.32 Å². The summed E-state index contributed by atoms with van der Waals surface area (Å²) in [6, 6.07) is 15.6. The number of nitrogens with one attached hydrogen (secondary N) is 2. The lowest BCUT2D eigenvalue weighted by Gasteiger charge is -2.23. The average Bonchev–Trinajstić information content (AvgIpc) is 3.16. The molecule has 0 saturated heterocycles. The summed E-state index contributed by atoms with van der Waals surface area (Å²) in [6.07, 6.45) is 0. The molecule has 0 amide bonds. The van der Waals surface area contributed by atoms with Crippen molar-refractivity contribution in [1.82, 2.24) is 15.0 Å². The molecule has 2 aromatic carbocycles. The number of rotatable bonds is 5. The number of pyridine rings is 1. The van der Waals surface area contributed by atoms with Gasteiger partial charge in [0.2, 0.25) is 11.8 Å². The predicted octanol–water partition coefficient (Wildman–Crippen LogP) is 7.10. The zero-order valence-corrected chi connectivity index (χ0v) is 21.3. The number of aryl methyl sites for hydroxylation is 1. The third-order valence-corrected chi connectivity index (χ3v) is 5.88. The molecule has 0 saturated carbocycles. The summed E-state index contributed by atoms with van der Waals surface area (Å²) < 4.78 is 6.24. The van der Waals surface area contributed by atoms with Crippen LogP contribution in [0, 0.1) is 6.92 Å². The number of aromatic nitrogens is 3. The SMILES string of the molecule is Cc1cc(Nc2nc3ccc(C(C)(C)C)cc3[nH]2)c(Oc2ccccc2C(C)(C)C)nc1C(=O)O. The number of carbonyl (C=O) groups is 1. The van der Waals surface area contributed by atoms with Gasteiger partial charge in [0.1, 0.15) is 11.4 Å². The van der Waals surface area contributed by atoms with E-state index < -0.39 is 5.97 Å². The standard InChI is InChI=1S/C28H32N4O3/c1-16-14-21(31-26-29-19-13-12-17(27(2,3)4)15-20(19)30-26)24(32-23(16)25(33)34)35-22-11-9-8-10-18(22)28(5,6)7/h8-15H,1-7H3,(H,33,34)(H2,29,30,31). The largest absolute Gasteiger partial charge is 0.477 e. The fourth-order valence-electron chi connectivity index (χ4n) is 3.92. The van der Waals surface area contributed by atoms with E-state index in [1.54, 1.807) is 13.0 Å². The first kappa shape index (κ1) is 24.3. The maximum atomic E-state index is 11.8. The lowest BCUT2D eigenvalue weighted by Crippen LogP contribution is -2.13. The number of nitrogens with zero attached hydrogens (tertiary/aromatic N) is 2. The number of aromatic amines is 1. The zero-order valence-electron chi connectivity index (χ0n) is 21.3.